The first-order valence-electron chi connectivity index (χ1n) is 7.65. The summed E-state index contributed by atoms with van der Waals surface area (Å²) in [6, 6.07) is 0.411. The molecule has 3 unspecified atom stereocenters. The number of nitrogens with one attached hydrogen (secondary N) is 2. The third-order valence-corrected chi connectivity index (χ3v) is 4.89. The van der Waals surface area contributed by atoms with Crippen LogP contribution in [0.5, 0.6) is 0 Å². The molecule has 2 saturated carbocycles. The molecular weight excluding hydrogens is 224 g/mol. The number of carbonyl (C=O) groups is 1. The first kappa shape index (κ1) is 13.9. The third-order valence-electron chi connectivity index (χ3n) is 4.89. The molecule has 0 saturated heterocycles. The van der Waals surface area contributed by atoms with Gasteiger partial charge in [-0.15, -0.1) is 0 Å². The molecule has 2 rings (SSSR count). The molecule has 5 atom stereocenters. The van der Waals surface area contributed by atoms with Crippen LogP contribution in [-0.4, -0.2) is 24.5 Å². The zero-order valence-electron chi connectivity index (χ0n) is 12.0. The van der Waals surface area contributed by atoms with Crippen LogP contribution in [0.4, 0.5) is 0 Å². The summed E-state index contributed by atoms with van der Waals surface area (Å²) in [7, 11) is 0. The van der Waals surface area contributed by atoms with Gasteiger partial charge in [0.2, 0.25) is 5.91 Å². The van der Waals surface area contributed by atoms with Gasteiger partial charge in [-0.25, -0.2) is 0 Å². The predicted molar refractivity (Wildman–Crippen MR) is 74.3 cm³/mol. The Bertz CT molecular complexity index is 292. The van der Waals surface area contributed by atoms with Gasteiger partial charge >= 0.3 is 0 Å². The minimum absolute atomic E-state index is 0.0642. The lowest BCUT2D eigenvalue weighted by atomic mass is 9.84. The van der Waals surface area contributed by atoms with E-state index in [0.717, 1.165) is 30.7 Å². The van der Waals surface area contributed by atoms with Gasteiger partial charge in [0.15, 0.2) is 0 Å². The molecule has 0 spiro atoms. The average Bonchev–Trinajstić information content (AvgIpc) is 2.97. The Kier molecular flexibility index (Phi) is 4.66. The number of carbonyl (C=O) groups excluding carboxylic acids is 1. The fourth-order valence-corrected chi connectivity index (χ4v) is 3.90. The monoisotopic (exact) mass is 252 g/mol. The molecule has 18 heavy (non-hydrogen) atoms. The first-order chi connectivity index (χ1) is 8.61. The molecule has 2 aliphatic carbocycles. The van der Waals surface area contributed by atoms with Gasteiger partial charge in [0.25, 0.3) is 0 Å². The molecule has 0 aromatic rings. The zero-order valence-corrected chi connectivity index (χ0v) is 12.0. The van der Waals surface area contributed by atoms with Crippen molar-refractivity contribution in [2.75, 3.05) is 6.54 Å². The SMILES string of the molecule is CCCNC(=O)C(C)NC(C)C1C[C@@H]2CC[C@@H]1C2. The standard InChI is InChI=1S/C15H28N2O/c1-4-7-16-15(18)11(3)17-10(2)14-9-12-5-6-13(14)8-12/h10-14,17H,4-9H2,1-3H3,(H,16,18)/t10?,11?,12-,13-,14?/m1/s1. The van der Waals surface area contributed by atoms with Gasteiger partial charge in [0.05, 0.1) is 6.04 Å². The van der Waals surface area contributed by atoms with Crippen LogP contribution in [0.2, 0.25) is 0 Å². The third kappa shape index (κ3) is 3.05. The molecule has 0 aromatic heterocycles. The largest absolute Gasteiger partial charge is 0.355 e. The van der Waals surface area contributed by atoms with Crippen molar-refractivity contribution in [3.63, 3.8) is 0 Å². The van der Waals surface area contributed by atoms with E-state index >= 15 is 0 Å². The summed E-state index contributed by atoms with van der Waals surface area (Å²) in [6.07, 6.45) is 6.67. The summed E-state index contributed by atoms with van der Waals surface area (Å²) in [5.74, 6) is 2.84. The zero-order chi connectivity index (χ0) is 13.1. The van der Waals surface area contributed by atoms with Crippen LogP contribution in [0.3, 0.4) is 0 Å². The molecule has 2 N–H and O–H groups in total. The second kappa shape index (κ2) is 6.05. The Morgan fingerprint density at radius 3 is 2.61 bits per heavy atom. The van der Waals surface area contributed by atoms with E-state index in [2.05, 4.69) is 24.5 Å². The fourth-order valence-electron chi connectivity index (χ4n) is 3.90. The number of fused-ring (bicyclic) bond motifs is 2. The molecule has 0 aliphatic heterocycles. The van der Waals surface area contributed by atoms with E-state index in [0.29, 0.717) is 6.04 Å². The lowest BCUT2D eigenvalue weighted by Crippen LogP contribution is -2.48. The topological polar surface area (TPSA) is 41.1 Å². The van der Waals surface area contributed by atoms with Crippen molar-refractivity contribution in [3.8, 4) is 0 Å². The highest BCUT2D eigenvalue weighted by Crippen LogP contribution is 2.49. The summed E-state index contributed by atoms with van der Waals surface area (Å²) in [5, 5.41) is 6.46. The smallest absolute Gasteiger partial charge is 0.236 e. The van der Waals surface area contributed by atoms with Gasteiger partial charge in [-0.3, -0.25) is 4.79 Å². The minimum atomic E-state index is -0.0642. The summed E-state index contributed by atoms with van der Waals surface area (Å²) >= 11 is 0. The Morgan fingerprint density at radius 2 is 2.06 bits per heavy atom. The molecule has 0 aromatic carbocycles. The van der Waals surface area contributed by atoms with E-state index in [9.17, 15) is 4.79 Å². The summed E-state index contributed by atoms with van der Waals surface area (Å²) in [4.78, 5) is 11.8. The molecule has 3 nitrogen and oxygen atoms in total. The molecule has 2 fully saturated rings. The molecule has 2 bridgehead atoms. The first-order valence-corrected chi connectivity index (χ1v) is 7.65. The Hall–Kier alpha value is -0.570. The van der Waals surface area contributed by atoms with E-state index in [-0.39, 0.29) is 11.9 Å². The van der Waals surface area contributed by atoms with Gasteiger partial charge in [0, 0.05) is 12.6 Å². The Balaban J connectivity index is 1.76. The van der Waals surface area contributed by atoms with Crippen molar-refractivity contribution in [2.24, 2.45) is 17.8 Å². The van der Waals surface area contributed by atoms with Crippen LogP contribution < -0.4 is 10.6 Å². The number of hydrogen-bond donors (Lipinski definition) is 2. The molecule has 0 heterocycles. The van der Waals surface area contributed by atoms with Crippen LogP contribution in [0.1, 0.15) is 52.9 Å². The maximum Gasteiger partial charge on any atom is 0.236 e. The highest BCUT2D eigenvalue weighted by atomic mass is 16.2. The highest BCUT2D eigenvalue weighted by Gasteiger charge is 2.42. The molecule has 3 heteroatoms. The second-order valence-electron chi connectivity index (χ2n) is 6.31. The summed E-state index contributed by atoms with van der Waals surface area (Å²) < 4.78 is 0. The van der Waals surface area contributed by atoms with Crippen LogP contribution in [-0.2, 0) is 4.79 Å². The molecule has 1 amide bonds. The van der Waals surface area contributed by atoms with E-state index in [1.165, 1.54) is 25.7 Å². The van der Waals surface area contributed by atoms with Gasteiger partial charge < -0.3 is 10.6 Å². The minimum Gasteiger partial charge on any atom is -0.355 e. The van der Waals surface area contributed by atoms with Crippen molar-refractivity contribution in [1.82, 2.24) is 10.6 Å². The van der Waals surface area contributed by atoms with Gasteiger partial charge in [0.1, 0.15) is 0 Å². The van der Waals surface area contributed by atoms with E-state index < -0.39 is 0 Å². The summed E-state index contributed by atoms with van der Waals surface area (Å²) in [5.41, 5.74) is 0. The number of hydrogen-bond acceptors (Lipinski definition) is 2. The normalized spacial score (nSPS) is 33.4. The lowest BCUT2D eigenvalue weighted by molar-refractivity contribution is -0.123. The predicted octanol–water partition coefficient (Wildman–Crippen LogP) is 2.32. The summed E-state index contributed by atoms with van der Waals surface area (Å²) in [6.45, 7) is 7.10. The van der Waals surface area contributed by atoms with Gasteiger partial charge in [-0.1, -0.05) is 13.3 Å². The van der Waals surface area contributed by atoms with Crippen LogP contribution >= 0.6 is 0 Å². The van der Waals surface area contributed by atoms with Crippen LogP contribution in [0.25, 0.3) is 0 Å². The highest BCUT2D eigenvalue weighted by molar-refractivity contribution is 5.81. The molecular formula is C15H28N2O. The molecule has 0 radical (unpaired) electrons. The maximum atomic E-state index is 11.8. The number of rotatable bonds is 6. The molecule has 2 aliphatic rings. The number of amides is 1. The lowest BCUT2D eigenvalue weighted by Gasteiger charge is -2.30. The van der Waals surface area contributed by atoms with Crippen LogP contribution in [0, 0.1) is 17.8 Å². The second-order valence-corrected chi connectivity index (χ2v) is 6.31. The fraction of sp³-hybridized carbons (Fsp3) is 0.933. The van der Waals surface area contributed by atoms with Crippen molar-refractivity contribution in [2.45, 2.75) is 65.0 Å². The Labute approximate surface area is 111 Å². The van der Waals surface area contributed by atoms with Crippen LogP contribution in [0.15, 0.2) is 0 Å². The maximum absolute atomic E-state index is 11.8. The van der Waals surface area contributed by atoms with Gasteiger partial charge in [-0.05, 0) is 57.3 Å². The average molecular weight is 252 g/mol. The van der Waals surface area contributed by atoms with Gasteiger partial charge in [-0.2, -0.15) is 0 Å². The molecule has 104 valence electrons. The quantitative estimate of drug-likeness (QED) is 0.761. The van der Waals surface area contributed by atoms with Crippen molar-refractivity contribution in [3.05, 3.63) is 0 Å². The van der Waals surface area contributed by atoms with E-state index in [4.69, 9.17) is 0 Å². The van der Waals surface area contributed by atoms with Crippen molar-refractivity contribution >= 4 is 5.91 Å². The Morgan fingerprint density at radius 1 is 1.28 bits per heavy atom. The van der Waals surface area contributed by atoms with Crippen molar-refractivity contribution in [1.29, 1.82) is 0 Å². The van der Waals surface area contributed by atoms with E-state index in [1.54, 1.807) is 0 Å². The van der Waals surface area contributed by atoms with E-state index in [1.807, 2.05) is 6.92 Å². The van der Waals surface area contributed by atoms with Crippen molar-refractivity contribution < 1.29 is 4.79 Å².